The highest BCUT2D eigenvalue weighted by Crippen LogP contribution is 2.34. The molecule has 0 amide bonds. The number of aliphatic carboxylic acids is 1. The Morgan fingerprint density at radius 3 is 3.16 bits per heavy atom. The fourth-order valence-corrected chi connectivity index (χ4v) is 4.85. The van der Waals surface area contributed by atoms with Gasteiger partial charge in [0.1, 0.15) is 0 Å². The zero-order valence-corrected chi connectivity index (χ0v) is 12.8. The highest BCUT2D eigenvalue weighted by molar-refractivity contribution is 7.99. The van der Waals surface area contributed by atoms with Crippen LogP contribution in [0.5, 0.6) is 0 Å². The summed E-state index contributed by atoms with van der Waals surface area (Å²) >= 11 is 3.79. The van der Waals surface area contributed by atoms with E-state index in [9.17, 15) is 4.79 Å². The number of hydrogen-bond acceptors (Lipinski definition) is 3. The second kappa shape index (κ2) is 7.15. The summed E-state index contributed by atoms with van der Waals surface area (Å²) in [5, 5.41) is 11.4. The molecule has 104 valence electrons. The number of carboxylic acids is 1. The van der Waals surface area contributed by atoms with Crippen molar-refractivity contribution < 1.29 is 9.90 Å². The van der Waals surface area contributed by atoms with Gasteiger partial charge in [-0.25, -0.2) is 4.79 Å². The molecular weight excluding hydrogens is 276 g/mol. The third-order valence-corrected chi connectivity index (χ3v) is 5.96. The molecule has 2 atom stereocenters. The number of rotatable bonds is 5. The standard InChI is InChI=1S/C15H20O2S2/c1-11-3-2-4-13(7-11)19-10-14-8-12(9-18-14)5-6-15(16)17/h5-6,8-9,11,13H,2-4,7,10H2,1H3,(H,16,17). The van der Waals surface area contributed by atoms with Crippen molar-refractivity contribution in [2.24, 2.45) is 5.92 Å². The van der Waals surface area contributed by atoms with E-state index in [2.05, 4.69) is 24.8 Å². The summed E-state index contributed by atoms with van der Waals surface area (Å²) < 4.78 is 0. The van der Waals surface area contributed by atoms with Crippen molar-refractivity contribution in [1.29, 1.82) is 0 Å². The van der Waals surface area contributed by atoms with Gasteiger partial charge in [-0.1, -0.05) is 19.8 Å². The Morgan fingerprint density at radius 1 is 1.58 bits per heavy atom. The van der Waals surface area contributed by atoms with Crippen molar-refractivity contribution in [3.05, 3.63) is 28.0 Å². The van der Waals surface area contributed by atoms with E-state index in [1.807, 2.05) is 5.38 Å². The number of carboxylic acid groups (broad SMARTS) is 1. The topological polar surface area (TPSA) is 37.3 Å². The monoisotopic (exact) mass is 296 g/mol. The molecule has 1 N–H and O–H groups in total. The summed E-state index contributed by atoms with van der Waals surface area (Å²) in [6.07, 6.45) is 8.32. The van der Waals surface area contributed by atoms with Gasteiger partial charge in [-0.05, 0) is 41.8 Å². The predicted molar refractivity (Wildman–Crippen MR) is 83.7 cm³/mol. The maximum Gasteiger partial charge on any atom is 0.328 e. The Balaban J connectivity index is 1.81. The molecule has 19 heavy (non-hydrogen) atoms. The fraction of sp³-hybridized carbons (Fsp3) is 0.533. The Labute approximate surface area is 122 Å². The average Bonchev–Trinajstić information content (AvgIpc) is 2.82. The summed E-state index contributed by atoms with van der Waals surface area (Å²) in [5.74, 6) is 1.05. The first-order chi connectivity index (χ1) is 9.13. The summed E-state index contributed by atoms with van der Waals surface area (Å²) in [6.45, 7) is 2.35. The third-order valence-electron chi connectivity index (χ3n) is 3.44. The van der Waals surface area contributed by atoms with Crippen LogP contribution >= 0.6 is 23.1 Å². The maximum atomic E-state index is 10.5. The van der Waals surface area contributed by atoms with Gasteiger partial charge in [-0.15, -0.1) is 11.3 Å². The first-order valence-corrected chi connectivity index (χ1v) is 8.66. The molecule has 0 saturated heterocycles. The van der Waals surface area contributed by atoms with Gasteiger partial charge in [0, 0.05) is 22.0 Å². The van der Waals surface area contributed by atoms with Crippen molar-refractivity contribution in [3.63, 3.8) is 0 Å². The van der Waals surface area contributed by atoms with Crippen LogP contribution in [0.2, 0.25) is 0 Å². The SMILES string of the molecule is CC1CCCC(SCc2cc(C=CC(=O)O)cs2)C1. The van der Waals surface area contributed by atoms with Crippen LogP contribution < -0.4 is 0 Å². The second-order valence-electron chi connectivity index (χ2n) is 5.22. The molecule has 1 aliphatic rings. The molecule has 1 aliphatic carbocycles. The average molecular weight is 296 g/mol. The Hall–Kier alpha value is -0.740. The van der Waals surface area contributed by atoms with E-state index in [4.69, 9.17) is 5.11 Å². The van der Waals surface area contributed by atoms with Crippen molar-refractivity contribution in [3.8, 4) is 0 Å². The molecule has 1 fully saturated rings. The van der Waals surface area contributed by atoms with Crippen molar-refractivity contribution in [1.82, 2.24) is 0 Å². The summed E-state index contributed by atoms with van der Waals surface area (Å²) in [6, 6.07) is 2.10. The highest BCUT2D eigenvalue weighted by atomic mass is 32.2. The van der Waals surface area contributed by atoms with Crippen LogP contribution in [0.1, 0.15) is 43.0 Å². The molecule has 2 rings (SSSR count). The molecular formula is C15H20O2S2. The van der Waals surface area contributed by atoms with Gasteiger partial charge in [0.25, 0.3) is 0 Å². The minimum atomic E-state index is -0.890. The number of thiophene rings is 1. The molecule has 0 aliphatic heterocycles. The van der Waals surface area contributed by atoms with E-state index in [0.29, 0.717) is 0 Å². The van der Waals surface area contributed by atoms with Crippen LogP contribution in [0.15, 0.2) is 17.5 Å². The largest absolute Gasteiger partial charge is 0.478 e. The van der Waals surface area contributed by atoms with Gasteiger partial charge in [-0.2, -0.15) is 11.8 Å². The molecule has 4 heteroatoms. The quantitative estimate of drug-likeness (QED) is 0.803. The van der Waals surface area contributed by atoms with Crippen LogP contribution in [-0.4, -0.2) is 16.3 Å². The predicted octanol–water partition coefficient (Wildman–Crippen LogP) is 4.66. The molecule has 0 bridgehead atoms. The molecule has 2 nitrogen and oxygen atoms in total. The maximum absolute atomic E-state index is 10.5. The molecule has 1 aromatic rings. The van der Waals surface area contributed by atoms with Crippen molar-refractivity contribution >= 4 is 35.1 Å². The number of carbonyl (C=O) groups is 1. The zero-order valence-electron chi connectivity index (χ0n) is 11.2. The van der Waals surface area contributed by atoms with Crippen LogP contribution in [0.3, 0.4) is 0 Å². The van der Waals surface area contributed by atoms with Gasteiger partial charge in [0.05, 0.1) is 0 Å². The molecule has 1 aromatic heterocycles. The lowest BCUT2D eigenvalue weighted by molar-refractivity contribution is -0.131. The minimum Gasteiger partial charge on any atom is -0.478 e. The van der Waals surface area contributed by atoms with Crippen LogP contribution in [0.25, 0.3) is 6.08 Å². The van der Waals surface area contributed by atoms with Crippen LogP contribution in [-0.2, 0) is 10.5 Å². The summed E-state index contributed by atoms with van der Waals surface area (Å²) in [5.41, 5.74) is 1.00. The lowest BCUT2D eigenvalue weighted by Crippen LogP contribution is -2.15. The van der Waals surface area contributed by atoms with Gasteiger partial charge in [-0.3, -0.25) is 0 Å². The van der Waals surface area contributed by atoms with E-state index in [1.54, 1.807) is 17.4 Å². The van der Waals surface area contributed by atoms with Crippen LogP contribution in [0, 0.1) is 5.92 Å². The van der Waals surface area contributed by atoms with Gasteiger partial charge < -0.3 is 5.11 Å². The molecule has 2 unspecified atom stereocenters. The first-order valence-electron chi connectivity index (χ1n) is 6.73. The first kappa shape index (κ1) is 14.7. The van der Waals surface area contributed by atoms with Gasteiger partial charge in [0.2, 0.25) is 0 Å². The zero-order chi connectivity index (χ0) is 13.7. The molecule has 1 heterocycles. The Morgan fingerprint density at radius 2 is 2.42 bits per heavy atom. The van der Waals surface area contributed by atoms with Gasteiger partial charge in [0.15, 0.2) is 0 Å². The van der Waals surface area contributed by atoms with Crippen molar-refractivity contribution in [2.75, 3.05) is 0 Å². The van der Waals surface area contributed by atoms with E-state index >= 15 is 0 Å². The van der Waals surface area contributed by atoms with Gasteiger partial charge >= 0.3 is 5.97 Å². The number of thioether (sulfide) groups is 1. The van der Waals surface area contributed by atoms with E-state index < -0.39 is 5.97 Å². The third kappa shape index (κ3) is 5.03. The van der Waals surface area contributed by atoms with Crippen LogP contribution in [0.4, 0.5) is 0 Å². The van der Waals surface area contributed by atoms with E-state index in [-0.39, 0.29) is 0 Å². The Bertz CT molecular complexity index is 451. The molecule has 0 radical (unpaired) electrons. The molecule has 1 saturated carbocycles. The van der Waals surface area contributed by atoms with E-state index in [0.717, 1.165) is 22.5 Å². The lowest BCUT2D eigenvalue weighted by Gasteiger charge is -2.25. The molecule has 0 aromatic carbocycles. The lowest BCUT2D eigenvalue weighted by atomic mass is 9.91. The molecule has 0 spiro atoms. The van der Waals surface area contributed by atoms with Crippen molar-refractivity contribution in [2.45, 2.75) is 43.6 Å². The minimum absolute atomic E-state index is 0.809. The smallest absolute Gasteiger partial charge is 0.328 e. The second-order valence-corrected chi connectivity index (χ2v) is 7.51. The normalized spacial score (nSPS) is 23.8. The highest BCUT2D eigenvalue weighted by Gasteiger charge is 2.19. The summed E-state index contributed by atoms with van der Waals surface area (Å²) in [7, 11) is 0. The fourth-order valence-electron chi connectivity index (χ4n) is 2.46. The summed E-state index contributed by atoms with van der Waals surface area (Å²) in [4.78, 5) is 11.8. The van der Waals surface area contributed by atoms with E-state index in [1.165, 1.54) is 36.6 Å². The number of hydrogen-bond donors (Lipinski definition) is 1. The Kier molecular flexibility index (Phi) is 5.52.